The van der Waals surface area contributed by atoms with Crippen molar-refractivity contribution < 1.29 is 23.0 Å². The Kier molecular flexibility index (Phi) is 7.62. The standard InChI is InChI=1S/C24H33NO5S/c1-17(2)15-25(22-12-7-18(3)14-19(22)4)31(27,28)21-10-8-20(9-11-21)30-16-24-23(26)6-5-13-29-24/h7-12,14,17,23-24,26H,5-6,13,15-16H2,1-4H3/t23-,24+/m0/s1. The molecule has 0 unspecified atom stereocenters. The van der Waals surface area contributed by atoms with Crippen LogP contribution in [0.15, 0.2) is 47.4 Å². The molecule has 0 radical (unpaired) electrons. The second-order valence-electron chi connectivity index (χ2n) is 8.62. The number of hydrogen-bond donors (Lipinski definition) is 1. The molecule has 1 aliphatic heterocycles. The average Bonchev–Trinajstić information content (AvgIpc) is 2.72. The summed E-state index contributed by atoms with van der Waals surface area (Å²) in [6.45, 7) is 9.18. The first-order valence-corrected chi connectivity index (χ1v) is 12.2. The maximum atomic E-state index is 13.5. The van der Waals surface area contributed by atoms with Crippen LogP contribution in [0.1, 0.15) is 37.8 Å². The summed E-state index contributed by atoms with van der Waals surface area (Å²) >= 11 is 0. The molecule has 2 aromatic carbocycles. The second-order valence-corrected chi connectivity index (χ2v) is 10.5. The molecule has 3 rings (SSSR count). The van der Waals surface area contributed by atoms with E-state index >= 15 is 0 Å². The van der Waals surface area contributed by atoms with Crippen LogP contribution in [0, 0.1) is 19.8 Å². The van der Waals surface area contributed by atoms with Crippen LogP contribution in [0.4, 0.5) is 5.69 Å². The Bertz CT molecular complexity index is 972. The number of sulfonamides is 1. The topological polar surface area (TPSA) is 76.1 Å². The summed E-state index contributed by atoms with van der Waals surface area (Å²) in [6.07, 6.45) is 0.659. The van der Waals surface area contributed by atoms with Crippen LogP contribution in [-0.2, 0) is 14.8 Å². The zero-order valence-corrected chi connectivity index (χ0v) is 19.6. The fourth-order valence-corrected chi connectivity index (χ4v) is 5.43. The van der Waals surface area contributed by atoms with Crippen molar-refractivity contribution >= 4 is 15.7 Å². The molecule has 1 saturated heterocycles. The van der Waals surface area contributed by atoms with Gasteiger partial charge < -0.3 is 14.6 Å². The highest BCUT2D eigenvalue weighted by Gasteiger charge is 2.27. The lowest BCUT2D eigenvalue weighted by Crippen LogP contribution is -2.38. The summed E-state index contributed by atoms with van der Waals surface area (Å²) in [7, 11) is -3.73. The molecule has 1 heterocycles. The van der Waals surface area contributed by atoms with Crippen molar-refractivity contribution in [1.29, 1.82) is 0 Å². The third-order valence-corrected chi connectivity index (χ3v) is 7.18. The van der Waals surface area contributed by atoms with Gasteiger partial charge >= 0.3 is 0 Å². The van der Waals surface area contributed by atoms with E-state index in [1.54, 1.807) is 24.3 Å². The monoisotopic (exact) mass is 447 g/mol. The number of aliphatic hydroxyl groups is 1. The summed E-state index contributed by atoms with van der Waals surface area (Å²) in [5.74, 6) is 0.710. The number of anilines is 1. The van der Waals surface area contributed by atoms with Crippen LogP contribution >= 0.6 is 0 Å². The molecule has 2 aromatic rings. The van der Waals surface area contributed by atoms with E-state index < -0.39 is 16.1 Å². The maximum Gasteiger partial charge on any atom is 0.264 e. The highest BCUT2D eigenvalue weighted by molar-refractivity contribution is 7.92. The largest absolute Gasteiger partial charge is 0.491 e. The smallest absolute Gasteiger partial charge is 0.264 e. The van der Waals surface area contributed by atoms with Gasteiger partial charge in [0.05, 0.1) is 16.7 Å². The van der Waals surface area contributed by atoms with Gasteiger partial charge in [0.2, 0.25) is 0 Å². The van der Waals surface area contributed by atoms with Gasteiger partial charge in [-0.15, -0.1) is 0 Å². The zero-order chi connectivity index (χ0) is 22.6. The fraction of sp³-hybridized carbons (Fsp3) is 0.500. The van der Waals surface area contributed by atoms with Gasteiger partial charge in [-0.25, -0.2) is 8.42 Å². The van der Waals surface area contributed by atoms with E-state index in [0.717, 1.165) is 17.5 Å². The highest BCUT2D eigenvalue weighted by atomic mass is 32.2. The van der Waals surface area contributed by atoms with Crippen LogP contribution in [0.3, 0.4) is 0 Å². The minimum absolute atomic E-state index is 0.167. The van der Waals surface area contributed by atoms with E-state index in [1.165, 1.54) is 4.31 Å². The molecule has 1 N–H and O–H groups in total. The molecule has 2 atom stereocenters. The Morgan fingerprint density at radius 1 is 1.16 bits per heavy atom. The highest BCUT2D eigenvalue weighted by Crippen LogP contribution is 2.29. The molecular weight excluding hydrogens is 414 g/mol. The van der Waals surface area contributed by atoms with Crippen molar-refractivity contribution in [1.82, 2.24) is 0 Å². The predicted molar refractivity (Wildman–Crippen MR) is 122 cm³/mol. The second kappa shape index (κ2) is 10.0. The molecule has 6 nitrogen and oxygen atoms in total. The van der Waals surface area contributed by atoms with Gasteiger partial charge in [0.1, 0.15) is 18.5 Å². The summed E-state index contributed by atoms with van der Waals surface area (Å²) in [4.78, 5) is 0.217. The number of rotatable bonds is 8. The van der Waals surface area contributed by atoms with E-state index in [1.807, 2.05) is 45.9 Å². The first kappa shape index (κ1) is 23.6. The minimum atomic E-state index is -3.73. The SMILES string of the molecule is Cc1ccc(N(CC(C)C)S(=O)(=O)c2ccc(OC[C@H]3OCCC[C@@H]3O)cc2)c(C)c1. The normalized spacial score (nSPS) is 19.4. The Labute approximate surface area is 185 Å². The molecule has 31 heavy (non-hydrogen) atoms. The van der Waals surface area contributed by atoms with E-state index in [9.17, 15) is 13.5 Å². The van der Waals surface area contributed by atoms with Gasteiger partial charge in [0, 0.05) is 13.2 Å². The van der Waals surface area contributed by atoms with Crippen LogP contribution in [0.2, 0.25) is 0 Å². The Morgan fingerprint density at radius 2 is 1.87 bits per heavy atom. The average molecular weight is 448 g/mol. The van der Waals surface area contributed by atoms with Crippen molar-refractivity contribution in [3.05, 3.63) is 53.6 Å². The Balaban J connectivity index is 1.79. The Hall–Kier alpha value is -2.09. The van der Waals surface area contributed by atoms with Crippen LogP contribution in [-0.4, -0.2) is 45.5 Å². The van der Waals surface area contributed by atoms with E-state index in [-0.39, 0.29) is 23.5 Å². The van der Waals surface area contributed by atoms with Gasteiger partial charge in [-0.3, -0.25) is 4.31 Å². The number of ether oxygens (including phenoxy) is 2. The lowest BCUT2D eigenvalue weighted by molar-refractivity contribution is -0.0900. The molecule has 0 aliphatic carbocycles. The van der Waals surface area contributed by atoms with Gasteiger partial charge in [-0.05, 0) is 68.5 Å². The van der Waals surface area contributed by atoms with Gasteiger partial charge in [0.15, 0.2) is 0 Å². The van der Waals surface area contributed by atoms with Crippen LogP contribution in [0.25, 0.3) is 0 Å². The van der Waals surface area contributed by atoms with Crippen molar-refractivity contribution in [3.63, 3.8) is 0 Å². The van der Waals surface area contributed by atoms with Gasteiger partial charge in [-0.1, -0.05) is 31.5 Å². The van der Waals surface area contributed by atoms with Crippen molar-refractivity contribution in [2.75, 3.05) is 24.1 Å². The quantitative estimate of drug-likeness (QED) is 0.660. The predicted octanol–water partition coefficient (Wildman–Crippen LogP) is 4.07. The number of benzene rings is 2. The third-order valence-electron chi connectivity index (χ3n) is 5.38. The molecule has 1 fully saturated rings. The fourth-order valence-electron chi connectivity index (χ4n) is 3.74. The first-order chi connectivity index (χ1) is 14.7. The summed E-state index contributed by atoms with van der Waals surface area (Å²) in [6, 6.07) is 12.2. The molecule has 0 aromatic heterocycles. The number of nitrogens with zero attached hydrogens (tertiary/aromatic N) is 1. The lowest BCUT2D eigenvalue weighted by Gasteiger charge is -2.28. The van der Waals surface area contributed by atoms with Crippen molar-refractivity contribution in [2.24, 2.45) is 5.92 Å². The van der Waals surface area contributed by atoms with Gasteiger partial charge in [0.25, 0.3) is 10.0 Å². The van der Waals surface area contributed by atoms with Crippen LogP contribution < -0.4 is 9.04 Å². The third kappa shape index (κ3) is 5.79. The molecule has 1 aliphatic rings. The van der Waals surface area contributed by atoms with E-state index in [0.29, 0.717) is 31.0 Å². The molecular formula is C24H33NO5S. The molecule has 7 heteroatoms. The molecule has 0 bridgehead atoms. The minimum Gasteiger partial charge on any atom is -0.491 e. The lowest BCUT2D eigenvalue weighted by atomic mass is 10.1. The molecule has 170 valence electrons. The summed E-state index contributed by atoms with van der Waals surface area (Å²) < 4.78 is 39.8. The van der Waals surface area contributed by atoms with Gasteiger partial charge in [-0.2, -0.15) is 0 Å². The molecule has 0 saturated carbocycles. The number of hydrogen-bond acceptors (Lipinski definition) is 5. The number of aliphatic hydroxyl groups excluding tert-OH is 1. The maximum absolute atomic E-state index is 13.5. The Morgan fingerprint density at radius 3 is 2.48 bits per heavy atom. The van der Waals surface area contributed by atoms with Crippen molar-refractivity contribution in [2.45, 2.75) is 57.6 Å². The van der Waals surface area contributed by atoms with E-state index in [4.69, 9.17) is 9.47 Å². The zero-order valence-electron chi connectivity index (χ0n) is 18.7. The molecule has 0 spiro atoms. The van der Waals surface area contributed by atoms with E-state index in [2.05, 4.69) is 0 Å². The van der Waals surface area contributed by atoms with Crippen LogP contribution in [0.5, 0.6) is 5.75 Å². The van der Waals surface area contributed by atoms with Crippen molar-refractivity contribution in [3.8, 4) is 5.75 Å². The number of aryl methyl sites for hydroxylation is 2. The first-order valence-electron chi connectivity index (χ1n) is 10.8. The summed E-state index contributed by atoms with van der Waals surface area (Å²) in [5.41, 5.74) is 2.72. The molecule has 0 amide bonds. The summed E-state index contributed by atoms with van der Waals surface area (Å²) in [5, 5.41) is 9.99.